The van der Waals surface area contributed by atoms with Crippen molar-refractivity contribution in [3.8, 4) is 0 Å². The highest BCUT2D eigenvalue weighted by molar-refractivity contribution is 5.77. The third kappa shape index (κ3) is 14.8. The highest BCUT2D eigenvalue weighted by Crippen LogP contribution is 2.06. The highest BCUT2D eigenvalue weighted by Gasteiger charge is 2.15. The number of hydrogen-bond donors (Lipinski definition) is 3. The van der Waals surface area contributed by atoms with Gasteiger partial charge in [0.25, 0.3) is 0 Å². The molecule has 0 aromatic rings. The zero-order valence-corrected chi connectivity index (χ0v) is 14.2. The Hall–Kier alpha value is -1.46. The second-order valence-corrected chi connectivity index (χ2v) is 6.51. The lowest BCUT2D eigenvalue weighted by Gasteiger charge is -2.19. The van der Waals surface area contributed by atoms with Gasteiger partial charge in [0.05, 0.1) is 0 Å². The number of aliphatic imine (C=N–C) groups is 1. The SMILES string of the molecule is CC(C)CCNC(N)=NCCCCNC(=O)OC(C)(C)C. The fourth-order valence-electron chi connectivity index (χ4n) is 1.49. The maximum absolute atomic E-state index is 11.4. The van der Waals surface area contributed by atoms with E-state index in [4.69, 9.17) is 10.5 Å². The molecule has 0 saturated heterocycles. The Morgan fingerprint density at radius 2 is 1.86 bits per heavy atom. The normalized spacial score (nSPS) is 12.4. The number of nitrogens with two attached hydrogens (primary N) is 1. The van der Waals surface area contributed by atoms with Gasteiger partial charge in [-0.1, -0.05) is 13.8 Å². The number of amides is 1. The number of guanidine groups is 1. The van der Waals surface area contributed by atoms with Gasteiger partial charge in [0.15, 0.2) is 5.96 Å². The van der Waals surface area contributed by atoms with E-state index < -0.39 is 5.60 Å². The Balaban J connectivity index is 3.56. The number of nitrogens with zero attached hydrogens (tertiary/aromatic N) is 1. The summed E-state index contributed by atoms with van der Waals surface area (Å²) in [5.74, 6) is 1.15. The number of ether oxygens (including phenoxy) is 1. The van der Waals surface area contributed by atoms with Crippen LogP contribution in [0.15, 0.2) is 4.99 Å². The van der Waals surface area contributed by atoms with Crippen LogP contribution in [0.5, 0.6) is 0 Å². The molecular weight excluding hydrogens is 268 g/mol. The number of carbonyl (C=O) groups excluding carboxylic acids is 1. The van der Waals surface area contributed by atoms with E-state index in [0.29, 0.717) is 25.0 Å². The van der Waals surface area contributed by atoms with E-state index in [1.54, 1.807) is 0 Å². The van der Waals surface area contributed by atoms with Crippen molar-refractivity contribution in [2.45, 2.75) is 59.5 Å². The summed E-state index contributed by atoms with van der Waals surface area (Å²) in [6.07, 6.45) is 2.43. The average molecular weight is 300 g/mol. The molecule has 21 heavy (non-hydrogen) atoms. The van der Waals surface area contributed by atoms with Crippen LogP contribution in [-0.4, -0.2) is 37.3 Å². The molecule has 0 bridgehead atoms. The van der Waals surface area contributed by atoms with Crippen LogP contribution in [0.1, 0.15) is 53.9 Å². The first-order valence-electron chi connectivity index (χ1n) is 7.71. The Morgan fingerprint density at radius 1 is 1.19 bits per heavy atom. The standard InChI is InChI=1S/C15H32N4O2/c1-12(2)8-11-18-13(16)17-9-6-7-10-19-14(20)21-15(3,4)5/h12H,6-11H2,1-5H3,(H,19,20)(H3,16,17,18). The van der Waals surface area contributed by atoms with E-state index in [0.717, 1.165) is 25.8 Å². The summed E-state index contributed by atoms with van der Waals surface area (Å²) in [5.41, 5.74) is 5.29. The van der Waals surface area contributed by atoms with E-state index in [9.17, 15) is 4.79 Å². The first kappa shape index (κ1) is 19.5. The lowest BCUT2D eigenvalue weighted by Crippen LogP contribution is -2.33. The van der Waals surface area contributed by atoms with Crippen molar-refractivity contribution in [3.05, 3.63) is 0 Å². The van der Waals surface area contributed by atoms with Crippen LogP contribution in [-0.2, 0) is 4.74 Å². The van der Waals surface area contributed by atoms with Crippen LogP contribution in [0.25, 0.3) is 0 Å². The van der Waals surface area contributed by atoms with Gasteiger partial charge in [0.1, 0.15) is 5.60 Å². The molecule has 124 valence electrons. The maximum atomic E-state index is 11.4. The van der Waals surface area contributed by atoms with E-state index in [2.05, 4.69) is 29.5 Å². The molecule has 6 nitrogen and oxygen atoms in total. The lowest BCUT2D eigenvalue weighted by molar-refractivity contribution is 0.0527. The van der Waals surface area contributed by atoms with Crippen LogP contribution in [0.2, 0.25) is 0 Å². The summed E-state index contributed by atoms with van der Waals surface area (Å²) in [6, 6.07) is 0. The largest absolute Gasteiger partial charge is 0.444 e. The van der Waals surface area contributed by atoms with E-state index in [1.165, 1.54) is 0 Å². The first-order valence-corrected chi connectivity index (χ1v) is 7.71. The molecule has 0 saturated carbocycles. The van der Waals surface area contributed by atoms with Gasteiger partial charge in [0, 0.05) is 19.6 Å². The molecule has 6 heteroatoms. The van der Waals surface area contributed by atoms with Gasteiger partial charge in [-0.2, -0.15) is 0 Å². The van der Waals surface area contributed by atoms with Crippen LogP contribution in [0.4, 0.5) is 4.79 Å². The van der Waals surface area contributed by atoms with Crippen LogP contribution in [0, 0.1) is 5.92 Å². The predicted octanol–water partition coefficient (Wildman–Crippen LogP) is 2.24. The van der Waals surface area contributed by atoms with Crippen molar-refractivity contribution in [2.75, 3.05) is 19.6 Å². The van der Waals surface area contributed by atoms with E-state index in [-0.39, 0.29) is 6.09 Å². The third-order valence-corrected chi connectivity index (χ3v) is 2.56. The Bertz CT molecular complexity index is 322. The molecule has 0 fully saturated rings. The highest BCUT2D eigenvalue weighted by atomic mass is 16.6. The summed E-state index contributed by atoms with van der Waals surface area (Å²) >= 11 is 0. The molecule has 0 atom stereocenters. The van der Waals surface area contributed by atoms with Gasteiger partial charge in [-0.3, -0.25) is 4.99 Å². The molecular formula is C15H32N4O2. The average Bonchev–Trinajstić information content (AvgIpc) is 2.30. The Labute approximate surface area is 128 Å². The van der Waals surface area contributed by atoms with Gasteiger partial charge in [-0.05, 0) is 46.0 Å². The molecule has 0 rings (SSSR count). The molecule has 0 heterocycles. The summed E-state index contributed by atoms with van der Waals surface area (Å²) in [6.45, 7) is 12.0. The molecule has 4 N–H and O–H groups in total. The van der Waals surface area contributed by atoms with Crippen molar-refractivity contribution in [3.63, 3.8) is 0 Å². The minimum absolute atomic E-state index is 0.374. The van der Waals surface area contributed by atoms with Crippen molar-refractivity contribution < 1.29 is 9.53 Å². The van der Waals surface area contributed by atoms with Gasteiger partial charge < -0.3 is 21.1 Å². The topological polar surface area (TPSA) is 88.7 Å². The quantitative estimate of drug-likeness (QED) is 0.364. The molecule has 0 aromatic carbocycles. The number of alkyl carbamates (subject to hydrolysis) is 1. The van der Waals surface area contributed by atoms with E-state index >= 15 is 0 Å². The van der Waals surface area contributed by atoms with Gasteiger partial charge in [-0.25, -0.2) is 4.79 Å². The first-order chi connectivity index (χ1) is 9.70. The summed E-state index contributed by atoms with van der Waals surface area (Å²) < 4.78 is 5.14. The zero-order chi connectivity index (χ0) is 16.3. The number of unbranched alkanes of at least 4 members (excludes halogenated alkanes) is 1. The fraction of sp³-hybridized carbons (Fsp3) is 0.867. The van der Waals surface area contributed by atoms with Crippen LogP contribution < -0.4 is 16.4 Å². The maximum Gasteiger partial charge on any atom is 0.407 e. The monoisotopic (exact) mass is 300 g/mol. The molecule has 1 amide bonds. The molecule has 0 aliphatic rings. The van der Waals surface area contributed by atoms with Gasteiger partial charge in [-0.15, -0.1) is 0 Å². The number of carbonyl (C=O) groups is 1. The Kier molecular flexibility index (Phi) is 9.58. The van der Waals surface area contributed by atoms with Crippen molar-refractivity contribution in [1.82, 2.24) is 10.6 Å². The molecule has 0 radical (unpaired) electrons. The number of rotatable bonds is 8. The van der Waals surface area contributed by atoms with Crippen molar-refractivity contribution in [1.29, 1.82) is 0 Å². The predicted molar refractivity (Wildman–Crippen MR) is 87.4 cm³/mol. The summed E-state index contributed by atoms with van der Waals surface area (Å²) in [5, 5.41) is 5.80. The van der Waals surface area contributed by atoms with Crippen molar-refractivity contribution >= 4 is 12.1 Å². The minimum Gasteiger partial charge on any atom is -0.444 e. The number of nitrogens with one attached hydrogen (secondary N) is 2. The minimum atomic E-state index is -0.454. The molecule has 0 aliphatic carbocycles. The van der Waals surface area contributed by atoms with Crippen LogP contribution >= 0.6 is 0 Å². The summed E-state index contributed by atoms with van der Waals surface area (Å²) in [4.78, 5) is 15.6. The van der Waals surface area contributed by atoms with Crippen molar-refractivity contribution in [2.24, 2.45) is 16.6 Å². The fourth-order valence-corrected chi connectivity index (χ4v) is 1.49. The Morgan fingerprint density at radius 3 is 2.43 bits per heavy atom. The lowest BCUT2D eigenvalue weighted by atomic mass is 10.1. The van der Waals surface area contributed by atoms with Gasteiger partial charge >= 0.3 is 6.09 Å². The second kappa shape index (κ2) is 10.3. The van der Waals surface area contributed by atoms with Gasteiger partial charge in [0.2, 0.25) is 0 Å². The number of hydrogen-bond acceptors (Lipinski definition) is 3. The van der Waals surface area contributed by atoms with E-state index in [1.807, 2.05) is 20.8 Å². The molecule has 0 spiro atoms. The van der Waals surface area contributed by atoms with Crippen LogP contribution in [0.3, 0.4) is 0 Å². The molecule has 0 unspecified atom stereocenters. The molecule has 0 aliphatic heterocycles. The zero-order valence-electron chi connectivity index (χ0n) is 14.2. The smallest absolute Gasteiger partial charge is 0.407 e. The second-order valence-electron chi connectivity index (χ2n) is 6.51. The third-order valence-electron chi connectivity index (χ3n) is 2.56. The molecule has 0 aromatic heterocycles. The summed E-state index contributed by atoms with van der Waals surface area (Å²) in [7, 11) is 0.